The number of nitrogens with one attached hydrogen (secondary N) is 1. The van der Waals surface area contributed by atoms with Gasteiger partial charge in [-0.1, -0.05) is 32.6 Å². The van der Waals surface area contributed by atoms with Gasteiger partial charge in [0.2, 0.25) is 0 Å². The summed E-state index contributed by atoms with van der Waals surface area (Å²) in [4.78, 5) is 12.2. The van der Waals surface area contributed by atoms with Gasteiger partial charge in [-0.05, 0) is 30.5 Å². The summed E-state index contributed by atoms with van der Waals surface area (Å²) in [5.41, 5.74) is 0.567. The highest BCUT2D eigenvalue weighted by Gasteiger charge is 2.18. The normalized spacial score (nSPS) is 11.7. The minimum atomic E-state index is -0.557. The fourth-order valence-corrected chi connectivity index (χ4v) is 1.98. The van der Waals surface area contributed by atoms with E-state index < -0.39 is 11.7 Å². The molecule has 1 aromatic carbocycles. The first-order valence-electron chi connectivity index (χ1n) is 7.19. The van der Waals surface area contributed by atoms with Crippen molar-refractivity contribution in [1.82, 2.24) is 5.32 Å². The van der Waals surface area contributed by atoms with Gasteiger partial charge in [0, 0.05) is 18.0 Å². The molecule has 0 aliphatic heterocycles. The van der Waals surface area contributed by atoms with Crippen molar-refractivity contribution in [2.75, 3.05) is 6.61 Å². The van der Waals surface area contributed by atoms with Crippen LogP contribution in [0, 0.1) is 23.6 Å². The summed E-state index contributed by atoms with van der Waals surface area (Å²) in [6.45, 7) is 6.00. The minimum Gasteiger partial charge on any atom is -0.395 e. The Kier molecular flexibility index (Phi) is 6.90. The molecule has 0 bridgehead atoms. The van der Waals surface area contributed by atoms with E-state index in [1.807, 2.05) is 20.8 Å². The highest BCUT2D eigenvalue weighted by Crippen LogP contribution is 2.12. The van der Waals surface area contributed by atoms with Gasteiger partial charge in [0.25, 0.3) is 5.91 Å². The van der Waals surface area contributed by atoms with Crippen LogP contribution < -0.4 is 5.32 Å². The van der Waals surface area contributed by atoms with Crippen LogP contribution in [-0.4, -0.2) is 23.7 Å². The monoisotopic (exact) mass is 291 g/mol. The van der Waals surface area contributed by atoms with Crippen LogP contribution in [0.15, 0.2) is 18.2 Å². The lowest BCUT2D eigenvalue weighted by Gasteiger charge is -2.20. The number of aliphatic hydroxyl groups is 1. The molecule has 0 heterocycles. The average molecular weight is 291 g/mol. The lowest BCUT2D eigenvalue weighted by atomic mass is 10.0. The molecule has 3 nitrogen and oxygen atoms in total. The Morgan fingerprint density at radius 1 is 1.43 bits per heavy atom. The average Bonchev–Trinajstić information content (AvgIpc) is 2.46. The second kappa shape index (κ2) is 8.43. The molecule has 1 rings (SSSR count). The molecule has 2 N–H and O–H groups in total. The van der Waals surface area contributed by atoms with Gasteiger partial charge >= 0.3 is 0 Å². The number of carbonyl (C=O) groups is 1. The Balaban J connectivity index is 2.93. The van der Waals surface area contributed by atoms with Crippen molar-refractivity contribution in [1.29, 1.82) is 0 Å². The number of aliphatic hydroxyl groups excluding tert-OH is 1. The van der Waals surface area contributed by atoms with E-state index in [9.17, 15) is 9.18 Å². The van der Waals surface area contributed by atoms with E-state index in [1.54, 1.807) is 0 Å². The Labute approximate surface area is 125 Å². The van der Waals surface area contributed by atoms with Crippen LogP contribution in [0.1, 0.15) is 49.5 Å². The predicted octanol–water partition coefficient (Wildman–Crippen LogP) is 2.72. The molecule has 21 heavy (non-hydrogen) atoms. The molecule has 1 aromatic rings. The summed E-state index contributed by atoms with van der Waals surface area (Å²) in [5.74, 6) is 4.87. The van der Waals surface area contributed by atoms with Crippen molar-refractivity contribution >= 4 is 5.91 Å². The van der Waals surface area contributed by atoms with Gasteiger partial charge in [0.15, 0.2) is 0 Å². The maximum Gasteiger partial charge on any atom is 0.254 e. The number of hydrogen-bond acceptors (Lipinski definition) is 2. The largest absolute Gasteiger partial charge is 0.395 e. The fraction of sp³-hybridized carbons (Fsp3) is 0.471. The van der Waals surface area contributed by atoms with Gasteiger partial charge < -0.3 is 10.4 Å². The van der Waals surface area contributed by atoms with Crippen molar-refractivity contribution in [3.8, 4) is 11.8 Å². The molecular formula is C17H22FNO2. The first kappa shape index (κ1) is 17.2. The van der Waals surface area contributed by atoms with E-state index in [0.717, 1.165) is 6.42 Å². The topological polar surface area (TPSA) is 49.3 Å². The van der Waals surface area contributed by atoms with E-state index in [0.29, 0.717) is 12.0 Å². The summed E-state index contributed by atoms with van der Waals surface area (Å²) >= 11 is 0. The van der Waals surface area contributed by atoms with Crippen molar-refractivity contribution < 1.29 is 14.3 Å². The summed E-state index contributed by atoms with van der Waals surface area (Å²) in [6.07, 6.45) is 1.14. The predicted molar refractivity (Wildman–Crippen MR) is 81.4 cm³/mol. The SMILES string of the molecule is CCC(NC(=O)c1cc(C#CCCO)ccc1F)C(C)C. The lowest BCUT2D eigenvalue weighted by Crippen LogP contribution is -2.38. The molecule has 0 aliphatic rings. The van der Waals surface area contributed by atoms with Crippen LogP contribution >= 0.6 is 0 Å². The minimum absolute atomic E-state index is 0.00454. The van der Waals surface area contributed by atoms with Gasteiger partial charge in [-0.3, -0.25) is 4.79 Å². The third kappa shape index (κ3) is 5.20. The summed E-state index contributed by atoms with van der Waals surface area (Å²) < 4.78 is 13.8. The Morgan fingerprint density at radius 3 is 2.71 bits per heavy atom. The Morgan fingerprint density at radius 2 is 2.14 bits per heavy atom. The molecule has 0 spiro atoms. The van der Waals surface area contributed by atoms with Gasteiger partial charge in [0.05, 0.1) is 12.2 Å². The van der Waals surface area contributed by atoms with Crippen LogP contribution in [-0.2, 0) is 0 Å². The number of rotatable bonds is 5. The Hall–Kier alpha value is -1.86. The number of amides is 1. The van der Waals surface area contributed by atoms with E-state index in [4.69, 9.17) is 5.11 Å². The highest BCUT2D eigenvalue weighted by molar-refractivity contribution is 5.95. The lowest BCUT2D eigenvalue weighted by molar-refractivity contribution is 0.0920. The molecule has 1 unspecified atom stereocenters. The molecule has 0 fully saturated rings. The van der Waals surface area contributed by atoms with E-state index in [2.05, 4.69) is 17.2 Å². The molecule has 1 atom stereocenters. The van der Waals surface area contributed by atoms with Crippen LogP contribution in [0.25, 0.3) is 0 Å². The third-order valence-electron chi connectivity index (χ3n) is 3.24. The van der Waals surface area contributed by atoms with Crippen LogP contribution in [0.4, 0.5) is 4.39 Å². The molecule has 4 heteroatoms. The first-order chi connectivity index (χ1) is 9.99. The van der Waals surface area contributed by atoms with Crippen LogP contribution in [0.2, 0.25) is 0 Å². The maximum atomic E-state index is 13.8. The molecule has 0 saturated heterocycles. The zero-order chi connectivity index (χ0) is 15.8. The Bertz CT molecular complexity index is 543. The zero-order valence-electron chi connectivity index (χ0n) is 12.7. The molecule has 1 amide bonds. The second-order valence-corrected chi connectivity index (χ2v) is 5.20. The van der Waals surface area contributed by atoms with Gasteiger partial charge in [-0.25, -0.2) is 4.39 Å². The number of halogens is 1. The molecule has 0 aliphatic carbocycles. The number of carbonyl (C=O) groups excluding carboxylic acids is 1. The number of benzene rings is 1. The van der Waals surface area contributed by atoms with Gasteiger partial charge in [-0.2, -0.15) is 0 Å². The molecule has 0 saturated carbocycles. The zero-order valence-corrected chi connectivity index (χ0v) is 12.7. The van der Waals surface area contributed by atoms with Crippen molar-refractivity contribution in [2.24, 2.45) is 5.92 Å². The summed E-state index contributed by atoms with van der Waals surface area (Å²) in [7, 11) is 0. The summed E-state index contributed by atoms with van der Waals surface area (Å²) in [6, 6.07) is 4.23. The standard InChI is InChI=1S/C17H22FNO2/c1-4-16(12(2)3)19-17(21)14-11-13(7-5-6-10-20)8-9-15(14)18/h8-9,11-12,16,20H,4,6,10H2,1-3H3,(H,19,21). The highest BCUT2D eigenvalue weighted by atomic mass is 19.1. The van der Waals surface area contributed by atoms with Crippen LogP contribution in [0.3, 0.4) is 0 Å². The van der Waals surface area contributed by atoms with Crippen molar-refractivity contribution in [3.05, 3.63) is 35.1 Å². The van der Waals surface area contributed by atoms with Gasteiger partial charge in [-0.15, -0.1) is 0 Å². The smallest absolute Gasteiger partial charge is 0.254 e. The van der Waals surface area contributed by atoms with Gasteiger partial charge in [0.1, 0.15) is 5.82 Å². The van der Waals surface area contributed by atoms with Crippen molar-refractivity contribution in [3.63, 3.8) is 0 Å². The maximum absolute atomic E-state index is 13.8. The van der Waals surface area contributed by atoms with Crippen molar-refractivity contribution in [2.45, 2.75) is 39.7 Å². The fourth-order valence-electron chi connectivity index (χ4n) is 1.98. The molecular weight excluding hydrogens is 269 g/mol. The van der Waals surface area contributed by atoms with E-state index >= 15 is 0 Å². The second-order valence-electron chi connectivity index (χ2n) is 5.20. The first-order valence-corrected chi connectivity index (χ1v) is 7.19. The van der Waals surface area contributed by atoms with E-state index in [-0.39, 0.29) is 24.1 Å². The third-order valence-corrected chi connectivity index (χ3v) is 3.24. The molecule has 0 radical (unpaired) electrons. The quantitative estimate of drug-likeness (QED) is 0.820. The molecule has 114 valence electrons. The number of hydrogen-bond donors (Lipinski definition) is 2. The summed E-state index contributed by atoms with van der Waals surface area (Å²) in [5, 5.41) is 11.5. The molecule has 0 aromatic heterocycles. The van der Waals surface area contributed by atoms with E-state index in [1.165, 1.54) is 18.2 Å². The van der Waals surface area contributed by atoms with Crippen LogP contribution in [0.5, 0.6) is 0 Å².